The number of rotatable bonds is 4. The maximum Gasteiger partial charge on any atom is 0.124 e. The Balaban J connectivity index is 1.68. The van der Waals surface area contributed by atoms with E-state index in [1.165, 1.54) is 25.7 Å². The van der Waals surface area contributed by atoms with Crippen molar-refractivity contribution in [2.75, 3.05) is 0 Å². The number of fused-ring (bicyclic) bond motifs is 2. The molecule has 2 aliphatic carbocycles. The second kappa shape index (κ2) is 5.28. The molecule has 20 heavy (non-hydrogen) atoms. The molecular weight excluding hydrogens is 250 g/mol. The third-order valence-electron chi connectivity index (χ3n) is 5.44. The molecule has 0 saturated heterocycles. The number of hydrogen-bond donors (Lipinski definition) is 3. The van der Waals surface area contributed by atoms with Crippen LogP contribution in [0.5, 0.6) is 11.5 Å². The van der Waals surface area contributed by atoms with Crippen LogP contribution in [0.3, 0.4) is 0 Å². The summed E-state index contributed by atoms with van der Waals surface area (Å²) in [5.74, 6) is 2.93. The average Bonchev–Trinajstić information content (AvgIpc) is 3.00. The first-order valence-corrected chi connectivity index (χ1v) is 7.83. The summed E-state index contributed by atoms with van der Waals surface area (Å²) in [5, 5.41) is 23.5. The van der Waals surface area contributed by atoms with E-state index in [4.69, 9.17) is 0 Å². The Morgan fingerprint density at radius 3 is 2.35 bits per heavy atom. The summed E-state index contributed by atoms with van der Waals surface area (Å²) in [7, 11) is 0. The lowest BCUT2D eigenvalue weighted by Gasteiger charge is -2.31. The van der Waals surface area contributed by atoms with E-state index in [2.05, 4.69) is 12.2 Å². The Morgan fingerprint density at radius 1 is 1.10 bits per heavy atom. The van der Waals surface area contributed by atoms with Crippen LogP contribution in [-0.4, -0.2) is 16.3 Å². The molecule has 1 aromatic rings. The van der Waals surface area contributed by atoms with Gasteiger partial charge in [-0.25, -0.2) is 0 Å². The molecule has 0 aliphatic heterocycles. The zero-order chi connectivity index (χ0) is 14.3. The average molecular weight is 275 g/mol. The summed E-state index contributed by atoms with van der Waals surface area (Å²) in [5.41, 5.74) is 0.613. The number of hydrogen-bond acceptors (Lipinski definition) is 3. The van der Waals surface area contributed by atoms with E-state index >= 15 is 0 Å². The summed E-state index contributed by atoms with van der Waals surface area (Å²) in [4.78, 5) is 0. The smallest absolute Gasteiger partial charge is 0.124 e. The van der Waals surface area contributed by atoms with Gasteiger partial charge in [-0.1, -0.05) is 12.5 Å². The highest BCUT2D eigenvalue weighted by atomic mass is 16.3. The van der Waals surface area contributed by atoms with E-state index in [1.54, 1.807) is 18.2 Å². The summed E-state index contributed by atoms with van der Waals surface area (Å²) in [6, 6.07) is 5.33. The molecule has 3 N–H and O–H groups in total. The summed E-state index contributed by atoms with van der Waals surface area (Å²) in [6.07, 6.45) is 5.56. The van der Waals surface area contributed by atoms with Crippen LogP contribution in [0.25, 0.3) is 0 Å². The predicted molar refractivity (Wildman–Crippen MR) is 79.7 cm³/mol. The van der Waals surface area contributed by atoms with Gasteiger partial charge in [0.2, 0.25) is 0 Å². The standard InChI is InChI=1S/C17H25NO2/c1-10(14-9-12-6-7-13(14)8-12)18-11(2)17-15(19)4-3-5-16(17)20/h3-5,10-14,18-20H,6-9H2,1-2H3. The Kier molecular flexibility index (Phi) is 3.63. The topological polar surface area (TPSA) is 52.5 Å². The van der Waals surface area contributed by atoms with Crippen LogP contribution in [0.4, 0.5) is 0 Å². The van der Waals surface area contributed by atoms with Gasteiger partial charge in [-0.3, -0.25) is 0 Å². The second-order valence-corrected chi connectivity index (χ2v) is 6.73. The van der Waals surface area contributed by atoms with Crippen LogP contribution in [0.2, 0.25) is 0 Å². The SMILES string of the molecule is CC(NC(C)C1CC2CCC1C2)c1c(O)cccc1O. The van der Waals surface area contributed by atoms with Gasteiger partial charge in [0, 0.05) is 12.1 Å². The zero-order valence-electron chi connectivity index (χ0n) is 12.3. The van der Waals surface area contributed by atoms with Gasteiger partial charge in [-0.15, -0.1) is 0 Å². The quantitative estimate of drug-likeness (QED) is 0.787. The molecule has 5 unspecified atom stereocenters. The van der Waals surface area contributed by atoms with Crippen molar-refractivity contribution in [1.29, 1.82) is 0 Å². The molecule has 3 heteroatoms. The Morgan fingerprint density at radius 2 is 1.80 bits per heavy atom. The normalized spacial score (nSPS) is 31.4. The Bertz CT molecular complexity index is 468. The fourth-order valence-electron chi connectivity index (χ4n) is 4.49. The van der Waals surface area contributed by atoms with Crippen LogP contribution < -0.4 is 5.32 Å². The van der Waals surface area contributed by atoms with E-state index in [9.17, 15) is 10.2 Å². The van der Waals surface area contributed by atoms with Gasteiger partial charge < -0.3 is 15.5 Å². The van der Waals surface area contributed by atoms with Gasteiger partial charge in [-0.05, 0) is 63.0 Å². The molecule has 2 saturated carbocycles. The van der Waals surface area contributed by atoms with Crippen molar-refractivity contribution in [3.63, 3.8) is 0 Å². The maximum atomic E-state index is 9.95. The van der Waals surface area contributed by atoms with Gasteiger partial charge >= 0.3 is 0 Å². The van der Waals surface area contributed by atoms with E-state index in [-0.39, 0.29) is 17.5 Å². The molecule has 2 fully saturated rings. The second-order valence-electron chi connectivity index (χ2n) is 6.73. The van der Waals surface area contributed by atoms with E-state index in [0.717, 1.165) is 17.8 Å². The first kappa shape index (κ1) is 13.7. The van der Waals surface area contributed by atoms with Gasteiger partial charge in [0.15, 0.2) is 0 Å². The van der Waals surface area contributed by atoms with Crippen molar-refractivity contribution in [2.24, 2.45) is 17.8 Å². The maximum absolute atomic E-state index is 9.95. The third kappa shape index (κ3) is 2.39. The molecule has 1 aromatic carbocycles. The first-order valence-electron chi connectivity index (χ1n) is 7.83. The molecule has 2 bridgehead atoms. The molecule has 0 radical (unpaired) electrons. The van der Waals surface area contributed by atoms with E-state index in [0.29, 0.717) is 11.6 Å². The van der Waals surface area contributed by atoms with Crippen LogP contribution in [0.1, 0.15) is 51.1 Å². The van der Waals surface area contributed by atoms with Crippen molar-refractivity contribution < 1.29 is 10.2 Å². The molecule has 3 nitrogen and oxygen atoms in total. The lowest BCUT2D eigenvalue weighted by atomic mass is 9.83. The first-order chi connectivity index (χ1) is 9.56. The zero-order valence-corrected chi connectivity index (χ0v) is 12.3. The summed E-state index contributed by atoms with van der Waals surface area (Å²) < 4.78 is 0. The fraction of sp³-hybridized carbons (Fsp3) is 0.647. The Hall–Kier alpha value is -1.22. The highest BCUT2D eigenvalue weighted by Gasteiger charge is 2.42. The van der Waals surface area contributed by atoms with Crippen LogP contribution >= 0.6 is 0 Å². The minimum Gasteiger partial charge on any atom is -0.507 e. The number of phenols is 2. The fourth-order valence-corrected chi connectivity index (χ4v) is 4.49. The molecular formula is C17H25NO2. The molecule has 0 aromatic heterocycles. The van der Waals surface area contributed by atoms with Crippen molar-refractivity contribution in [2.45, 2.75) is 51.6 Å². The van der Waals surface area contributed by atoms with Crippen molar-refractivity contribution >= 4 is 0 Å². The molecule has 2 aliphatic rings. The number of nitrogens with one attached hydrogen (secondary N) is 1. The van der Waals surface area contributed by atoms with Gasteiger partial charge in [0.1, 0.15) is 11.5 Å². The van der Waals surface area contributed by atoms with E-state index in [1.807, 2.05) is 6.92 Å². The van der Waals surface area contributed by atoms with Gasteiger partial charge in [0.25, 0.3) is 0 Å². The van der Waals surface area contributed by atoms with Gasteiger partial charge in [0.05, 0.1) is 5.56 Å². The molecule has 0 heterocycles. The van der Waals surface area contributed by atoms with E-state index < -0.39 is 0 Å². The number of phenolic OH excluding ortho intramolecular Hbond substituents is 2. The number of aromatic hydroxyl groups is 2. The van der Waals surface area contributed by atoms with Crippen LogP contribution in [-0.2, 0) is 0 Å². The summed E-state index contributed by atoms with van der Waals surface area (Å²) >= 11 is 0. The van der Waals surface area contributed by atoms with Crippen molar-refractivity contribution in [3.8, 4) is 11.5 Å². The molecule has 0 spiro atoms. The molecule has 3 rings (SSSR count). The molecule has 110 valence electrons. The van der Waals surface area contributed by atoms with Crippen LogP contribution in [0.15, 0.2) is 18.2 Å². The van der Waals surface area contributed by atoms with Gasteiger partial charge in [-0.2, -0.15) is 0 Å². The molecule has 0 amide bonds. The highest BCUT2D eigenvalue weighted by Crippen LogP contribution is 2.49. The third-order valence-corrected chi connectivity index (χ3v) is 5.44. The minimum atomic E-state index is -0.0367. The summed E-state index contributed by atoms with van der Waals surface area (Å²) in [6.45, 7) is 4.26. The molecule has 5 atom stereocenters. The van der Waals surface area contributed by atoms with Crippen LogP contribution in [0, 0.1) is 17.8 Å². The van der Waals surface area contributed by atoms with Crippen molar-refractivity contribution in [1.82, 2.24) is 5.32 Å². The number of benzene rings is 1. The Labute approximate surface area is 121 Å². The monoisotopic (exact) mass is 275 g/mol. The minimum absolute atomic E-state index is 0.0367. The largest absolute Gasteiger partial charge is 0.507 e. The predicted octanol–water partition coefficient (Wildman–Crippen LogP) is 3.57. The highest BCUT2D eigenvalue weighted by molar-refractivity contribution is 5.44. The van der Waals surface area contributed by atoms with Crippen molar-refractivity contribution in [3.05, 3.63) is 23.8 Å². The lowest BCUT2D eigenvalue weighted by Crippen LogP contribution is -2.37. The lowest BCUT2D eigenvalue weighted by molar-refractivity contribution is 0.246.